The zero-order chi connectivity index (χ0) is 15.6. The molecule has 1 fully saturated rings. The minimum Gasteiger partial charge on any atom is -0.327 e. The second-order valence-electron chi connectivity index (χ2n) is 5.57. The Bertz CT molecular complexity index is 607. The van der Waals surface area contributed by atoms with Gasteiger partial charge in [0.1, 0.15) is 0 Å². The summed E-state index contributed by atoms with van der Waals surface area (Å²) in [6.45, 7) is 0. The first kappa shape index (κ1) is 15.9. The van der Waals surface area contributed by atoms with Crippen LogP contribution < -0.4 is 11.1 Å². The summed E-state index contributed by atoms with van der Waals surface area (Å²) in [5.74, 6) is 0.334. The molecule has 0 saturated heterocycles. The summed E-state index contributed by atoms with van der Waals surface area (Å²) in [5.41, 5.74) is 6.47. The van der Waals surface area contributed by atoms with E-state index in [-0.39, 0.29) is 16.8 Å². The predicted octanol–water partition coefficient (Wildman–Crippen LogP) is 1.00. The van der Waals surface area contributed by atoms with E-state index in [4.69, 9.17) is 5.73 Å². The number of nitrogens with one attached hydrogen (secondary N) is 1. The highest BCUT2D eigenvalue weighted by Crippen LogP contribution is 2.32. The molecule has 0 aliphatic heterocycles. The molecule has 0 spiro atoms. The Morgan fingerprint density at radius 1 is 1.33 bits per heavy atom. The second kappa shape index (κ2) is 6.13. The van der Waals surface area contributed by atoms with Crippen molar-refractivity contribution in [1.29, 1.82) is 0 Å². The van der Waals surface area contributed by atoms with Crippen LogP contribution in [0.2, 0.25) is 0 Å². The van der Waals surface area contributed by atoms with E-state index in [2.05, 4.69) is 5.32 Å². The van der Waals surface area contributed by atoms with Crippen molar-refractivity contribution < 1.29 is 13.2 Å². The van der Waals surface area contributed by atoms with Crippen LogP contribution in [0.5, 0.6) is 0 Å². The maximum Gasteiger partial charge on any atom is 0.242 e. The van der Waals surface area contributed by atoms with Crippen molar-refractivity contribution in [3.63, 3.8) is 0 Å². The van der Waals surface area contributed by atoms with E-state index in [1.54, 1.807) is 12.1 Å². The summed E-state index contributed by atoms with van der Waals surface area (Å²) in [5, 5.41) is 2.74. The fourth-order valence-corrected chi connectivity index (χ4v) is 2.94. The normalized spacial score (nSPS) is 16.8. The molecule has 6 nitrogen and oxygen atoms in total. The van der Waals surface area contributed by atoms with Crippen molar-refractivity contribution in [2.45, 2.75) is 30.2 Å². The number of anilines is 1. The van der Waals surface area contributed by atoms with Gasteiger partial charge in [0.15, 0.2) is 0 Å². The number of carbonyl (C=O) groups excluding carboxylic acids is 1. The van der Waals surface area contributed by atoms with Crippen LogP contribution in [0.4, 0.5) is 5.69 Å². The van der Waals surface area contributed by atoms with Crippen LogP contribution in [-0.2, 0) is 14.8 Å². The summed E-state index contributed by atoms with van der Waals surface area (Å²) < 4.78 is 25.0. The molecule has 0 radical (unpaired) electrons. The minimum absolute atomic E-state index is 0.0848. The van der Waals surface area contributed by atoms with Gasteiger partial charge in [0.25, 0.3) is 0 Å². The molecule has 0 bridgehead atoms. The van der Waals surface area contributed by atoms with Gasteiger partial charge in [-0.05, 0) is 43.0 Å². The van der Waals surface area contributed by atoms with E-state index < -0.39 is 10.0 Å². The van der Waals surface area contributed by atoms with Crippen LogP contribution in [-0.4, -0.2) is 38.8 Å². The number of benzene rings is 1. The fraction of sp³-hybridized carbons (Fsp3) is 0.500. The molecule has 2 rings (SSSR count). The number of nitrogens with zero attached hydrogens (tertiary/aromatic N) is 1. The lowest BCUT2D eigenvalue weighted by atomic mass is 10.1. The topological polar surface area (TPSA) is 92.5 Å². The molecular weight excluding hydrogens is 290 g/mol. The highest BCUT2D eigenvalue weighted by Gasteiger charge is 2.29. The van der Waals surface area contributed by atoms with Gasteiger partial charge in [-0.2, -0.15) is 0 Å². The minimum atomic E-state index is -3.44. The molecule has 0 aromatic heterocycles. The first-order chi connectivity index (χ1) is 9.80. The second-order valence-corrected chi connectivity index (χ2v) is 7.72. The van der Waals surface area contributed by atoms with Crippen molar-refractivity contribution in [1.82, 2.24) is 4.31 Å². The van der Waals surface area contributed by atoms with E-state index >= 15 is 0 Å². The van der Waals surface area contributed by atoms with Gasteiger partial charge >= 0.3 is 0 Å². The Morgan fingerprint density at radius 3 is 2.38 bits per heavy atom. The lowest BCUT2D eigenvalue weighted by Crippen LogP contribution is -2.28. The van der Waals surface area contributed by atoms with E-state index in [0.717, 1.165) is 17.1 Å². The van der Waals surface area contributed by atoms with Gasteiger partial charge in [-0.15, -0.1) is 0 Å². The first-order valence-electron chi connectivity index (χ1n) is 6.88. The molecule has 116 valence electrons. The molecule has 1 aromatic rings. The summed E-state index contributed by atoms with van der Waals surface area (Å²) >= 11 is 0. The van der Waals surface area contributed by atoms with Gasteiger partial charge in [0.05, 0.1) is 4.90 Å². The molecular formula is C14H21N3O3S. The number of hydrogen-bond donors (Lipinski definition) is 2. The first-order valence-corrected chi connectivity index (χ1v) is 8.32. The van der Waals surface area contributed by atoms with Crippen molar-refractivity contribution >= 4 is 21.6 Å². The molecule has 21 heavy (non-hydrogen) atoms. The Morgan fingerprint density at radius 2 is 1.90 bits per heavy atom. The summed E-state index contributed by atoms with van der Waals surface area (Å²) in [7, 11) is -0.491. The molecule has 1 aromatic carbocycles. The van der Waals surface area contributed by atoms with Crippen LogP contribution in [0.3, 0.4) is 0 Å². The van der Waals surface area contributed by atoms with Crippen LogP contribution >= 0.6 is 0 Å². The van der Waals surface area contributed by atoms with Crippen molar-refractivity contribution in [3.05, 3.63) is 24.3 Å². The smallest absolute Gasteiger partial charge is 0.242 e. The molecule has 3 N–H and O–H groups in total. The van der Waals surface area contributed by atoms with Crippen LogP contribution in [0.25, 0.3) is 0 Å². The SMILES string of the molecule is CN(C)S(=O)(=O)c1ccc(NC(=O)CC(N)C2CC2)cc1. The molecule has 1 aliphatic carbocycles. The summed E-state index contributed by atoms with van der Waals surface area (Å²) in [4.78, 5) is 12.0. The third-order valence-electron chi connectivity index (χ3n) is 3.57. The molecule has 1 saturated carbocycles. The highest BCUT2D eigenvalue weighted by molar-refractivity contribution is 7.89. The molecule has 1 atom stereocenters. The van der Waals surface area contributed by atoms with Gasteiger partial charge in [-0.1, -0.05) is 0 Å². The van der Waals surface area contributed by atoms with Crippen LogP contribution in [0.15, 0.2) is 29.2 Å². The summed E-state index contributed by atoms with van der Waals surface area (Å²) in [6, 6.07) is 6.03. The Balaban J connectivity index is 1.97. The van der Waals surface area contributed by atoms with E-state index in [1.807, 2.05) is 0 Å². The molecule has 7 heteroatoms. The summed E-state index contributed by atoms with van der Waals surface area (Å²) in [6.07, 6.45) is 2.50. The maximum absolute atomic E-state index is 11.9. The third-order valence-corrected chi connectivity index (χ3v) is 5.39. The number of rotatable bonds is 6. The predicted molar refractivity (Wildman–Crippen MR) is 81.3 cm³/mol. The monoisotopic (exact) mass is 311 g/mol. The van der Waals surface area contributed by atoms with Crippen molar-refractivity contribution in [2.75, 3.05) is 19.4 Å². The van der Waals surface area contributed by atoms with E-state index in [1.165, 1.54) is 26.2 Å². The molecule has 1 aliphatic rings. The Kier molecular flexibility index (Phi) is 4.65. The highest BCUT2D eigenvalue weighted by atomic mass is 32.2. The zero-order valence-corrected chi connectivity index (χ0v) is 13.1. The fourth-order valence-electron chi connectivity index (χ4n) is 2.04. The van der Waals surface area contributed by atoms with Gasteiger partial charge in [-0.25, -0.2) is 12.7 Å². The lowest BCUT2D eigenvalue weighted by molar-refractivity contribution is -0.116. The van der Waals surface area contributed by atoms with E-state index in [9.17, 15) is 13.2 Å². The average Bonchev–Trinajstić information content (AvgIpc) is 3.23. The van der Waals surface area contributed by atoms with Gasteiger partial charge in [-0.3, -0.25) is 4.79 Å². The van der Waals surface area contributed by atoms with Crippen LogP contribution in [0, 0.1) is 5.92 Å². The quantitative estimate of drug-likeness (QED) is 0.820. The molecule has 0 heterocycles. The molecule has 1 unspecified atom stereocenters. The van der Waals surface area contributed by atoms with Gasteiger partial charge in [0, 0.05) is 32.2 Å². The Hall–Kier alpha value is -1.44. The Labute approximate surface area is 125 Å². The van der Waals surface area contributed by atoms with Crippen molar-refractivity contribution in [3.8, 4) is 0 Å². The molecule has 1 amide bonds. The van der Waals surface area contributed by atoms with Crippen LogP contribution in [0.1, 0.15) is 19.3 Å². The number of sulfonamides is 1. The zero-order valence-electron chi connectivity index (χ0n) is 12.2. The van der Waals surface area contributed by atoms with Gasteiger partial charge in [0.2, 0.25) is 15.9 Å². The maximum atomic E-state index is 11.9. The number of hydrogen-bond acceptors (Lipinski definition) is 4. The lowest BCUT2D eigenvalue weighted by Gasteiger charge is -2.13. The van der Waals surface area contributed by atoms with E-state index in [0.29, 0.717) is 18.0 Å². The van der Waals surface area contributed by atoms with Crippen molar-refractivity contribution in [2.24, 2.45) is 11.7 Å². The number of carbonyl (C=O) groups is 1. The largest absolute Gasteiger partial charge is 0.327 e. The average molecular weight is 311 g/mol. The van der Waals surface area contributed by atoms with Gasteiger partial charge < -0.3 is 11.1 Å². The number of amides is 1. The number of nitrogens with two attached hydrogens (primary N) is 1. The third kappa shape index (κ3) is 4.03. The standard InChI is InChI=1S/C14H21N3O3S/c1-17(2)21(19,20)12-7-5-11(6-8-12)16-14(18)9-13(15)10-3-4-10/h5-8,10,13H,3-4,9,15H2,1-2H3,(H,16,18).